The predicted octanol–water partition coefficient (Wildman–Crippen LogP) is 3.53. The summed E-state index contributed by atoms with van der Waals surface area (Å²) >= 11 is 0. The Bertz CT molecular complexity index is 555. The number of aromatic nitrogens is 2. The lowest BCUT2D eigenvalue weighted by Crippen LogP contribution is -2.37. The van der Waals surface area contributed by atoms with Gasteiger partial charge in [-0.1, -0.05) is 26.2 Å². The van der Waals surface area contributed by atoms with Crippen molar-refractivity contribution in [3.63, 3.8) is 0 Å². The van der Waals surface area contributed by atoms with Crippen LogP contribution in [0.25, 0.3) is 0 Å². The molecule has 4 rings (SSSR count). The number of hydrogen-bond acceptors (Lipinski definition) is 5. The van der Waals surface area contributed by atoms with Crippen LogP contribution in [0.5, 0.6) is 0 Å². The van der Waals surface area contributed by atoms with E-state index in [0.29, 0.717) is 6.04 Å². The van der Waals surface area contributed by atoms with Crippen molar-refractivity contribution in [1.82, 2.24) is 14.9 Å². The molecular formula is C20H33N5. The molecule has 0 bridgehead atoms. The van der Waals surface area contributed by atoms with E-state index in [2.05, 4.69) is 33.1 Å². The van der Waals surface area contributed by atoms with Crippen LogP contribution in [0.3, 0.4) is 0 Å². The molecule has 0 radical (unpaired) electrons. The van der Waals surface area contributed by atoms with E-state index in [-0.39, 0.29) is 0 Å². The number of anilines is 2. The second-order valence-electron chi connectivity index (χ2n) is 8.24. The molecule has 25 heavy (non-hydrogen) atoms. The van der Waals surface area contributed by atoms with Crippen molar-refractivity contribution >= 4 is 11.8 Å². The summed E-state index contributed by atoms with van der Waals surface area (Å²) in [6, 6.07) is 3.36. The van der Waals surface area contributed by atoms with E-state index in [1.807, 2.05) is 6.20 Å². The molecule has 1 N–H and O–H groups in total. The molecule has 5 nitrogen and oxygen atoms in total. The van der Waals surface area contributed by atoms with Gasteiger partial charge in [0.15, 0.2) is 0 Å². The monoisotopic (exact) mass is 343 g/mol. The zero-order valence-corrected chi connectivity index (χ0v) is 15.7. The van der Waals surface area contributed by atoms with Crippen LogP contribution < -0.4 is 10.2 Å². The lowest BCUT2D eigenvalue weighted by Gasteiger charge is -2.27. The maximum atomic E-state index is 4.82. The summed E-state index contributed by atoms with van der Waals surface area (Å²) in [5.74, 6) is 2.77. The molecule has 1 saturated carbocycles. The molecule has 1 aromatic heterocycles. The molecule has 0 spiro atoms. The Labute approximate surface area is 152 Å². The molecule has 138 valence electrons. The summed E-state index contributed by atoms with van der Waals surface area (Å²) < 4.78 is 0. The third-order valence-electron chi connectivity index (χ3n) is 6.41. The van der Waals surface area contributed by atoms with Gasteiger partial charge in [-0.05, 0) is 44.1 Å². The van der Waals surface area contributed by atoms with Gasteiger partial charge in [0.05, 0.1) is 0 Å². The highest BCUT2D eigenvalue weighted by molar-refractivity contribution is 5.43. The fraction of sp³-hybridized carbons (Fsp3) is 0.800. The highest BCUT2D eigenvalue weighted by Gasteiger charge is 2.34. The minimum absolute atomic E-state index is 0.493. The first kappa shape index (κ1) is 17.1. The van der Waals surface area contributed by atoms with Crippen molar-refractivity contribution in [2.45, 2.75) is 70.4 Å². The third-order valence-corrected chi connectivity index (χ3v) is 6.41. The third kappa shape index (κ3) is 4.08. The first-order valence-corrected chi connectivity index (χ1v) is 10.4. The van der Waals surface area contributed by atoms with Crippen molar-refractivity contribution in [2.75, 3.05) is 36.4 Å². The highest BCUT2D eigenvalue weighted by atomic mass is 15.3. The van der Waals surface area contributed by atoms with E-state index in [9.17, 15) is 0 Å². The van der Waals surface area contributed by atoms with Crippen molar-refractivity contribution in [2.24, 2.45) is 5.92 Å². The first-order valence-electron chi connectivity index (χ1n) is 10.4. The average molecular weight is 344 g/mol. The Balaban J connectivity index is 1.36. The molecule has 0 aromatic carbocycles. The number of nitrogens with one attached hydrogen (secondary N) is 1. The van der Waals surface area contributed by atoms with Gasteiger partial charge in [0.25, 0.3) is 0 Å². The molecule has 3 atom stereocenters. The van der Waals surface area contributed by atoms with Gasteiger partial charge in [-0.25, -0.2) is 4.98 Å². The van der Waals surface area contributed by atoms with Crippen molar-refractivity contribution < 1.29 is 0 Å². The zero-order chi connectivity index (χ0) is 17.1. The summed E-state index contributed by atoms with van der Waals surface area (Å²) in [6.07, 6.45) is 12.6. The van der Waals surface area contributed by atoms with Gasteiger partial charge < -0.3 is 10.2 Å². The van der Waals surface area contributed by atoms with Crippen LogP contribution in [0.1, 0.15) is 58.3 Å². The van der Waals surface area contributed by atoms with Crippen molar-refractivity contribution in [3.05, 3.63) is 12.3 Å². The van der Waals surface area contributed by atoms with Crippen molar-refractivity contribution in [1.29, 1.82) is 0 Å². The Kier molecular flexibility index (Phi) is 5.39. The van der Waals surface area contributed by atoms with Gasteiger partial charge in [0.1, 0.15) is 5.82 Å². The molecule has 3 unspecified atom stereocenters. The molecule has 3 heterocycles. The van der Waals surface area contributed by atoms with Gasteiger partial charge in [0.2, 0.25) is 5.95 Å². The van der Waals surface area contributed by atoms with Crippen LogP contribution in [0.4, 0.5) is 11.8 Å². The number of nitrogens with zero attached hydrogens (tertiary/aromatic N) is 4. The van der Waals surface area contributed by atoms with E-state index >= 15 is 0 Å². The molecule has 0 amide bonds. The SMILES string of the molecule is CC1CCCC1N1CCC(Nc2nccc(N3CCCCCC3)n2)C1. The molecule has 3 fully saturated rings. The second kappa shape index (κ2) is 7.90. The topological polar surface area (TPSA) is 44.3 Å². The van der Waals surface area contributed by atoms with Gasteiger partial charge >= 0.3 is 0 Å². The van der Waals surface area contributed by atoms with E-state index < -0.39 is 0 Å². The Morgan fingerprint density at radius 1 is 1.00 bits per heavy atom. The Morgan fingerprint density at radius 3 is 2.60 bits per heavy atom. The van der Waals surface area contributed by atoms with Gasteiger partial charge in [-0.2, -0.15) is 4.98 Å². The molecule has 2 aliphatic heterocycles. The van der Waals surface area contributed by atoms with Crippen LogP contribution in [0.15, 0.2) is 12.3 Å². The molecule has 2 saturated heterocycles. The van der Waals surface area contributed by atoms with Crippen molar-refractivity contribution in [3.8, 4) is 0 Å². The second-order valence-corrected chi connectivity index (χ2v) is 8.24. The van der Waals surface area contributed by atoms with Gasteiger partial charge in [-0.3, -0.25) is 4.90 Å². The summed E-state index contributed by atoms with van der Waals surface area (Å²) in [6.45, 7) is 7.05. The fourth-order valence-corrected chi connectivity index (χ4v) is 4.95. The smallest absolute Gasteiger partial charge is 0.224 e. The largest absolute Gasteiger partial charge is 0.356 e. The molecule has 5 heteroatoms. The van der Waals surface area contributed by atoms with E-state index in [1.165, 1.54) is 57.9 Å². The molecule has 3 aliphatic rings. The average Bonchev–Trinajstić information content (AvgIpc) is 3.15. The Hall–Kier alpha value is -1.36. The quantitative estimate of drug-likeness (QED) is 0.906. The predicted molar refractivity (Wildman–Crippen MR) is 103 cm³/mol. The van der Waals surface area contributed by atoms with Crippen LogP contribution in [-0.2, 0) is 0 Å². The number of likely N-dealkylation sites (tertiary alicyclic amines) is 1. The maximum Gasteiger partial charge on any atom is 0.224 e. The summed E-state index contributed by atoms with van der Waals surface area (Å²) in [5.41, 5.74) is 0. The van der Waals surface area contributed by atoms with E-state index in [4.69, 9.17) is 4.98 Å². The molecule has 1 aliphatic carbocycles. The van der Waals surface area contributed by atoms with Crippen LogP contribution in [0.2, 0.25) is 0 Å². The van der Waals surface area contributed by atoms with Gasteiger partial charge in [-0.15, -0.1) is 0 Å². The summed E-state index contributed by atoms with van der Waals surface area (Å²) in [4.78, 5) is 14.4. The summed E-state index contributed by atoms with van der Waals surface area (Å²) in [5, 5.41) is 3.61. The minimum Gasteiger partial charge on any atom is -0.356 e. The lowest BCUT2D eigenvalue weighted by molar-refractivity contribution is 0.204. The van der Waals surface area contributed by atoms with Crippen LogP contribution in [-0.4, -0.2) is 53.1 Å². The van der Waals surface area contributed by atoms with E-state index in [1.54, 1.807) is 0 Å². The normalized spacial score (nSPS) is 31.2. The standard InChI is InChI=1S/C20H33N5/c1-16-7-6-8-18(16)25-14-10-17(15-25)22-20-21-11-9-19(23-20)24-12-4-2-3-5-13-24/h9,11,16-18H,2-8,10,12-15H2,1H3,(H,21,22,23). The molecule has 1 aromatic rings. The maximum absolute atomic E-state index is 4.82. The number of rotatable bonds is 4. The minimum atomic E-state index is 0.493. The van der Waals surface area contributed by atoms with Crippen LogP contribution in [0, 0.1) is 5.92 Å². The van der Waals surface area contributed by atoms with Crippen LogP contribution >= 0.6 is 0 Å². The molecular weight excluding hydrogens is 310 g/mol. The summed E-state index contributed by atoms with van der Waals surface area (Å²) in [7, 11) is 0. The highest BCUT2D eigenvalue weighted by Crippen LogP contribution is 2.32. The van der Waals surface area contributed by atoms with Gasteiger partial charge in [0, 0.05) is 44.5 Å². The Morgan fingerprint density at radius 2 is 1.84 bits per heavy atom. The fourth-order valence-electron chi connectivity index (χ4n) is 4.95. The first-order chi connectivity index (χ1) is 12.3. The van der Waals surface area contributed by atoms with E-state index in [0.717, 1.165) is 43.4 Å². The zero-order valence-electron chi connectivity index (χ0n) is 15.7. The lowest BCUT2D eigenvalue weighted by atomic mass is 10.1. The number of hydrogen-bond donors (Lipinski definition) is 1.